The third kappa shape index (κ3) is 7.37. The van der Waals surface area contributed by atoms with Crippen molar-refractivity contribution in [2.45, 2.75) is 92.6 Å². The van der Waals surface area contributed by atoms with Crippen molar-refractivity contribution in [3.05, 3.63) is 0 Å². The SMILES string of the molecule is CCC(C)C(CC(C)CC(C)(C)C)OC(=O)C1CCCCC1C(=O)O. The predicted molar refractivity (Wildman–Crippen MR) is 100 cm³/mol. The summed E-state index contributed by atoms with van der Waals surface area (Å²) in [5, 5.41) is 9.41. The van der Waals surface area contributed by atoms with Crippen LogP contribution in [0.5, 0.6) is 0 Å². The molecule has 4 heteroatoms. The maximum Gasteiger partial charge on any atom is 0.310 e. The van der Waals surface area contributed by atoms with Gasteiger partial charge in [0.15, 0.2) is 0 Å². The number of carbonyl (C=O) groups is 2. The normalized spacial score (nSPS) is 25.0. The number of rotatable bonds is 8. The van der Waals surface area contributed by atoms with Crippen LogP contribution in [-0.2, 0) is 14.3 Å². The number of esters is 1. The molecule has 0 aliphatic heterocycles. The van der Waals surface area contributed by atoms with Gasteiger partial charge in [0.25, 0.3) is 0 Å². The summed E-state index contributed by atoms with van der Waals surface area (Å²) in [7, 11) is 0. The van der Waals surface area contributed by atoms with Crippen LogP contribution < -0.4 is 0 Å². The number of hydrogen-bond donors (Lipinski definition) is 1. The number of carboxylic acids is 1. The van der Waals surface area contributed by atoms with Gasteiger partial charge in [-0.3, -0.25) is 9.59 Å². The first-order valence-corrected chi connectivity index (χ1v) is 9.98. The van der Waals surface area contributed by atoms with Gasteiger partial charge < -0.3 is 9.84 Å². The Morgan fingerprint density at radius 2 is 1.68 bits per heavy atom. The lowest BCUT2D eigenvalue weighted by Crippen LogP contribution is -2.37. The summed E-state index contributed by atoms with van der Waals surface area (Å²) in [4.78, 5) is 24.2. The van der Waals surface area contributed by atoms with E-state index in [1.807, 2.05) is 0 Å². The van der Waals surface area contributed by atoms with Crippen molar-refractivity contribution in [3.63, 3.8) is 0 Å². The summed E-state index contributed by atoms with van der Waals surface area (Å²) in [5.41, 5.74) is 0.251. The molecule has 5 unspecified atom stereocenters. The Bertz CT molecular complexity index is 438. The quantitative estimate of drug-likeness (QED) is 0.601. The molecule has 0 aromatic heterocycles. The van der Waals surface area contributed by atoms with Crippen molar-refractivity contribution in [2.75, 3.05) is 0 Å². The first kappa shape index (κ1) is 22.0. The van der Waals surface area contributed by atoms with E-state index in [1.54, 1.807) is 0 Å². The molecule has 0 amide bonds. The van der Waals surface area contributed by atoms with Gasteiger partial charge in [0.1, 0.15) is 6.10 Å². The van der Waals surface area contributed by atoms with Crippen molar-refractivity contribution in [3.8, 4) is 0 Å². The van der Waals surface area contributed by atoms with Crippen LogP contribution in [0.2, 0.25) is 0 Å². The van der Waals surface area contributed by atoms with E-state index in [0.717, 1.165) is 32.1 Å². The lowest BCUT2D eigenvalue weighted by Gasteiger charge is -2.32. The van der Waals surface area contributed by atoms with Crippen LogP contribution in [0.25, 0.3) is 0 Å². The summed E-state index contributed by atoms with van der Waals surface area (Å²) >= 11 is 0. The molecular formula is C21H38O4. The third-order valence-corrected chi connectivity index (χ3v) is 5.53. The van der Waals surface area contributed by atoms with Crippen molar-refractivity contribution in [2.24, 2.45) is 29.1 Å². The van der Waals surface area contributed by atoms with E-state index >= 15 is 0 Å². The summed E-state index contributed by atoms with van der Waals surface area (Å²) in [5.74, 6) is -1.45. The molecule has 0 spiro atoms. The highest BCUT2D eigenvalue weighted by Crippen LogP contribution is 2.34. The summed E-state index contributed by atoms with van der Waals surface area (Å²) in [6.07, 6.45) is 5.79. The molecule has 1 aliphatic rings. The number of aliphatic carboxylic acids is 1. The van der Waals surface area contributed by atoms with Crippen LogP contribution in [0, 0.1) is 29.1 Å². The van der Waals surface area contributed by atoms with Gasteiger partial charge >= 0.3 is 11.9 Å². The summed E-state index contributed by atoms with van der Waals surface area (Å²) in [6, 6.07) is 0. The highest BCUT2D eigenvalue weighted by Gasteiger charge is 2.38. The molecule has 1 N–H and O–H groups in total. The van der Waals surface area contributed by atoms with Crippen LogP contribution in [-0.4, -0.2) is 23.1 Å². The van der Waals surface area contributed by atoms with Gasteiger partial charge in [-0.15, -0.1) is 0 Å². The van der Waals surface area contributed by atoms with Gasteiger partial charge in [0.05, 0.1) is 11.8 Å². The van der Waals surface area contributed by atoms with Crippen molar-refractivity contribution in [1.82, 2.24) is 0 Å². The molecule has 1 saturated carbocycles. The highest BCUT2D eigenvalue weighted by atomic mass is 16.5. The van der Waals surface area contributed by atoms with E-state index in [4.69, 9.17) is 4.74 Å². The van der Waals surface area contributed by atoms with E-state index < -0.39 is 17.8 Å². The molecular weight excluding hydrogens is 316 g/mol. The minimum Gasteiger partial charge on any atom is -0.481 e. The Hall–Kier alpha value is -1.06. The maximum absolute atomic E-state index is 12.7. The highest BCUT2D eigenvalue weighted by molar-refractivity contribution is 5.81. The largest absolute Gasteiger partial charge is 0.481 e. The van der Waals surface area contributed by atoms with Crippen LogP contribution in [0.4, 0.5) is 0 Å². The predicted octanol–water partition coefficient (Wildman–Crippen LogP) is 5.30. The molecule has 0 aromatic rings. The van der Waals surface area contributed by atoms with Gasteiger partial charge in [-0.2, -0.15) is 0 Å². The van der Waals surface area contributed by atoms with Crippen LogP contribution in [0.15, 0.2) is 0 Å². The average Bonchev–Trinajstić information content (AvgIpc) is 2.51. The zero-order valence-corrected chi connectivity index (χ0v) is 17.0. The Morgan fingerprint density at radius 3 is 2.16 bits per heavy atom. The van der Waals surface area contributed by atoms with Crippen LogP contribution in [0.3, 0.4) is 0 Å². The monoisotopic (exact) mass is 354 g/mol. The second kappa shape index (κ2) is 9.59. The lowest BCUT2D eigenvalue weighted by atomic mass is 9.79. The van der Waals surface area contributed by atoms with Gasteiger partial charge in [-0.05, 0) is 42.9 Å². The smallest absolute Gasteiger partial charge is 0.310 e. The lowest BCUT2D eigenvalue weighted by molar-refractivity contribution is -0.166. The molecule has 0 saturated heterocycles. The molecule has 1 aliphatic carbocycles. The van der Waals surface area contributed by atoms with Crippen molar-refractivity contribution < 1.29 is 19.4 Å². The average molecular weight is 355 g/mol. The molecule has 25 heavy (non-hydrogen) atoms. The first-order valence-electron chi connectivity index (χ1n) is 9.98. The molecule has 0 bridgehead atoms. The van der Waals surface area contributed by atoms with E-state index in [0.29, 0.717) is 24.7 Å². The fourth-order valence-electron chi connectivity index (χ4n) is 4.13. The molecule has 1 fully saturated rings. The van der Waals surface area contributed by atoms with Crippen LogP contribution >= 0.6 is 0 Å². The topological polar surface area (TPSA) is 63.6 Å². The number of carbonyl (C=O) groups excluding carboxylic acids is 1. The molecule has 5 atom stereocenters. The zero-order valence-electron chi connectivity index (χ0n) is 17.0. The Kier molecular flexibility index (Phi) is 8.43. The molecule has 4 nitrogen and oxygen atoms in total. The second-order valence-electron chi connectivity index (χ2n) is 9.30. The van der Waals surface area contributed by atoms with E-state index in [2.05, 4.69) is 41.5 Å². The summed E-state index contributed by atoms with van der Waals surface area (Å²) in [6.45, 7) is 13.1. The number of carboxylic acid groups (broad SMARTS) is 1. The fourth-order valence-corrected chi connectivity index (χ4v) is 4.13. The molecule has 146 valence electrons. The van der Waals surface area contributed by atoms with Gasteiger partial charge in [0.2, 0.25) is 0 Å². The third-order valence-electron chi connectivity index (χ3n) is 5.53. The first-order chi connectivity index (χ1) is 11.5. The minimum atomic E-state index is -0.858. The Morgan fingerprint density at radius 1 is 1.12 bits per heavy atom. The van der Waals surface area contributed by atoms with E-state index in [9.17, 15) is 14.7 Å². The van der Waals surface area contributed by atoms with Gasteiger partial charge in [0, 0.05) is 0 Å². The maximum atomic E-state index is 12.7. The van der Waals surface area contributed by atoms with E-state index in [-0.39, 0.29) is 17.5 Å². The summed E-state index contributed by atoms with van der Waals surface area (Å²) < 4.78 is 5.91. The van der Waals surface area contributed by atoms with Crippen LogP contribution in [0.1, 0.15) is 86.5 Å². The minimum absolute atomic E-state index is 0.119. The molecule has 0 aromatic carbocycles. The number of ether oxygens (including phenoxy) is 1. The fraction of sp³-hybridized carbons (Fsp3) is 0.905. The zero-order chi connectivity index (χ0) is 19.2. The molecule has 0 radical (unpaired) electrons. The van der Waals surface area contributed by atoms with E-state index in [1.165, 1.54) is 0 Å². The van der Waals surface area contributed by atoms with Crippen molar-refractivity contribution in [1.29, 1.82) is 0 Å². The van der Waals surface area contributed by atoms with Crippen molar-refractivity contribution >= 4 is 11.9 Å². The standard InChI is InChI=1S/C21H38O4/c1-7-15(3)18(12-14(2)13-21(4,5)6)25-20(24)17-11-9-8-10-16(17)19(22)23/h14-18H,7-13H2,1-6H3,(H,22,23). The molecule has 0 heterocycles. The molecule has 1 rings (SSSR count). The van der Waals surface area contributed by atoms with Gasteiger partial charge in [-0.1, -0.05) is 60.8 Å². The number of hydrogen-bond acceptors (Lipinski definition) is 3. The van der Waals surface area contributed by atoms with Gasteiger partial charge in [-0.25, -0.2) is 0 Å². The second-order valence-corrected chi connectivity index (χ2v) is 9.30. The Labute approximate surface area is 153 Å². The Balaban J connectivity index is 2.76.